The Morgan fingerprint density at radius 2 is 2.29 bits per heavy atom. The average molecular weight is 253 g/mol. The van der Waals surface area contributed by atoms with E-state index in [0.29, 0.717) is 11.2 Å². The average Bonchev–Trinajstić information content (AvgIpc) is 2.65. The van der Waals surface area contributed by atoms with Gasteiger partial charge in [0, 0.05) is 18.8 Å². The van der Waals surface area contributed by atoms with Gasteiger partial charge < -0.3 is 0 Å². The van der Waals surface area contributed by atoms with E-state index in [9.17, 15) is 0 Å². The maximum absolute atomic E-state index is 5.92. The Hall–Kier alpha value is -0.600. The first-order valence-electron chi connectivity index (χ1n) is 6.44. The summed E-state index contributed by atoms with van der Waals surface area (Å²) in [7, 11) is 0. The van der Waals surface area contributed by atoms with Crippen LogP contribution in [0.15, 0.2) is 12.3 Å². The summed E-state index contributed by atoms with van der Waals surface area (Å²) in [6, 6.07) is 2.52. The van der Waals surface area contributed by atoms with Gasteiger partial charge in [-0.2, -0.15) is 0 Å². The molecule has 0 N–H and O–H groups in total. The van der Waals surface area contributed by atoms with Gasteiger partial charge in [-0.3, -0.25) is 4.90 Å². The quantitative estimate of drug-likeness (QED) is 0.760. The monoisotopic (exact) mass is 252 g/mol. The maximum Gasteiger partial charge on any atom is 0.129 e. The highest BCUT2D eigenvalue weighted by Crippen LogP contribution is 2.34. The van der Waals surface area contributed by atoms with Crippen LogP contribution >= 0.6 is 11.6 Å². The number of hydrogen-bond acceptors (Lipinski definition) is 2. The standard InChI is InChI=1S/C14H21ClN2/c1-10(2)9-17-6-4-5-13(17)12-8-16-14(15)7-11(12)3/h7-8,10,13H,4-6,9H2,1-3H3/t13-/m1/s1. The van der Waals surface area contributed by atoms with Crippen molar-refractivity contribution in [3.63, 3.8) is 0 Å². The number of aryl methyl sites for hydroxylation is 1. The first-order chi connectivity index (χ1) is 8.08. The van der Waals surface area contributed by atoms with E-state index < -0.39 is 0 Å². The molecule has 0 bridgehead atoms. The van der Waals surface area contributed by atoms with Crippen molar-refractivity contribution in [3.8, 4) is 0 Å². The van der Waals surface area contributed by atoms with Crippen LogP contribution in [0.3, 0.4) is 0 Å². The van der Waals surface area contributed by atoms with Gasteiger partial charge >= 0.3 is 0 Å². The lowest BCUT2D eigenvalue weighted by Crippen LogP contribution is -2.27. The number of rotatable bonds is 3. The van der Waals surface area contributed by atoms with E-state index in [4.69, 9.17) is 11.6 Å². The molecule has 1 fully saturated rings. The number of aromatic nitrogens is 1. The van der Waals surface area contributed by atoms with E-state index >= 15 is 0 Å². The van der Waals surface area contributed by atoms with Crippen LogP contribution in [0.5, 0.6) is 0 Å². The van der Waals surface area contributed by atoms with Crippen molar-refractivity contribution in [2.45, 2.75) is 39.7 Å². The molecule has 1 atom stereocenters. The summed E-state index contributed by atoms with van der Waals surface area (Å²) in [6.07, 6.45) is 4.50. The van der Waals surface area contributed by atoms with Crippen molar-refractivity contribution in [1.82, 2.24) is 9.88 Å². The van der Waals surface area contributed by atoms with Crippen molar-refractivity contribution >= 4 is 11.6 Å². The second kappa shape index (κ2) is 5.36. The summed E-state index contributed by atoms with van der Waals surface area (Å²) in [4.78, 5) is 6.82. The van der Waals surface area contributed by atoms with Crippen LogP contribution < -0.4 is 0 Å². The Labute approximate surface area is 109 Å². The van der Waals surface area contributed by atoms with Gasteiger partial charge in [-0.25, -0.2) is 4.98 Å². The third kappa shape index (κ3) is 2.99. The van der Waals surface area contributed by atoms with Gasteiger partial charge in [-0.15, -0.1) is 0 Å². The number of hydrogen-bond donors (Lipinski definition) is 0. The van der Waals surface area contributed by atoms with Crippen LogP contribution in [0.1, 0.15) is 43.9 Å². The largest absolute Gasteiger partial charge is 0.296 e. The Morgan fingerprint density at radius 1 is 1.53 bits per heavy atom. The predicted molar refractivity (Wildman–Crippen MR) is 72.4 cm³/mol. The van der Waals surface area contributed by atoms with Gasteiger partial charge in [0.15, 0.2) is 0 Å². The Bertz CT molecular complexity index is 390. The van der Waals surface area contributed by atoms with E-state index in [-0.39, 0.29) is 0 Å². The second-order valence-electron chi connectivity index (χ2n) is 5.41. The minimum absolute atomic E-state index is 0.544. The van der Waals surface area contributed by atoms with Crippen LogP contribution in [0.25, 0.3) is 0 Å². The molecular formula is C14H21ClN2. The van der Waals surface area contributed by atoms with E-state index in [1.165, 1.54) is 37.1 Å². The van der Waals surface area contributed by atoms with Crippen molar-refractivity contribution < 1.29 is 0 Å². The van der Waals surface area contributed by atoms with Crippen LogP contribution in [-0.2, 0) is 0 Å². The molecule has 0 radical (unpaired) electrons. The molecule has 1 aromatic rings. The molecule has 0 unspecified atom stereocenters. The summed E-state index contributed by atoms with van der Waals surface area (Å²) in [5.74, 6) is 0.719. The molecule has 1 aliphatic heterocycles. The van der Waals surface area contributed by atoms with E-state index in [1.54, 1.807) is 0 Å². The fraction of sp³-hybridized carbons (Fsp3) is 0.643. The smallest absolute Gasteiger partial charge is 0.129 e. The van der Waals surface area contributed by atoms with Crippen LogP contribution in [0.2, 0.25) is 5.15 Å². The number of likely N-dealkylation sites (tertiary alicyclic amines) is 1. The number of pyridine rings is 1. The number of nitrogens with zero attached hydrogens (tertiary/aromatic N) is 2. The normalized spacial score (nSPS) is 21.4. The first kappa shape index (κ1) is 12.8. The highest BCUT2D eigenvalue weighted by molar-refractivity contribution is 6.29. The maximum atomic E-state index is 5.92. The lowest BCUT2D eigenvalue weighted by atomic mass is 10.0. The SMILES string of the molecule is Cc1cc(Cl)ncc1[C@H]1CCCN1CC(C)C. The predicted octanol–water partition coefficient (Wildman–Crippen LogP) is 3.84. The van der Waals surface area contributed by atoms with Crippen molar-refractivity contribution in [2.75, 3.05) is 13.1 Å². The first-order valence-corrected chi connectivity index (χ1v) is 6.82. The molecule has 2 nitrogen and oxygen atoms in total. The van der Waals surface area contributed by atoms with E-state index in [1.807, 2.05) is 12.3 Å². The summed E-state index contributed by atoms with van der Waals surface area (Å²) < 4.78 is 0. The molecule has 1 aliphatic rings. The van der Waals surface area contributed by atoms with Crippen LogP contribution in [0.4, 0.5) is 0 Å². The van der Waals surface area contributed by atoms with Crippen LogP contribution in [0, 0.1) is 12.8 Å². The van der Waals surface area contributed by atoms with Gasteiger partial charge in [0.05, 0.1) is 0 Å². The molecule has 1 saturated heterocycles. The molecule has 2 heterocycles. The highest BCUT2D eigenvalue weighted by Gasteiger charge is 2.27. The molecule has 0 aliphatic carbocycles. The summed E-state index contributed by atoms with van der Waals surface area (Å²) in [5, 5.41) is 0.597. The minimum atomic E-state index is 0.544. The third-order valence-electron chi connectivity index (χ3n) is 3.44. The fourth-order valence-electron chi connectivity index (χ4n) is 2.75. The highest BCUT2D eigenvalue weighted by atomic mass is 35.5. The summed E-state index contributed by atoms with van der Waals surface area (Å²) in [5.41, 5.74) is 2.62. The van der Waals surface area contributed by atoms with Crippen molar-refractivity contribution in [3.05, 3.63) is 28.5 Å². The zero-order valence-electron chi connectivity index (χ0n) is 10.9. The van der Waals surface area contributed by atoms with Crippen LogP contribution in [-0.4, -0.2) is 23.0 Å². The molecular weight excluding hydrogens is 232 g/mol. The van der Waals surface area contributed by atoms with Gasteiger partial charge in [0.25, 0.3) is 0 Å². The lowest BCUT2D eigenvalue weighted by molar-refractivity contribution is 0.228. The van der Waals surface area contributed by atoms with E-state index in [0.717, 1.165) is 5.92 Å². The summed E-state index contributed by atoms with van der Waals surface area (Å²) >= 11 is 5.92. The molecule has 2 rings (SSSR count). The zero-order chi connectivity index (χ0) is 12.4. The third-order valence-corrected chi connectivity index (χ3v) is 3.65. The Kier molecular flexibility index (Phi) is 4.05. The minimum Gasteiger partial charge on any atom is -0.296 e. The molecule has 0 amide bonds. The summed E-state index contributed by atoms with van der Waals surface area (Å²) in [6.45, 7) is 9.08. The molecule has 17 heavy (non-hydrogen) atoms. The fourth-order valence-corrected chi connectivity index (χ4v) is 2.96. The van der Waals surface area contributed by atoms with E-state index in [2.05, 4.69) is 30.7 Å². The molecule has 3 heteroatoms. The topological polar surface area (TPSA) is 16.1 Å². The molecule has 94 valence electrons. The Balaban J connectivity index is 2.20. The molecule has 1 aromatic heterocycles. The van der Waals surface area contributed by atoms with Gasteiger partial charge in [-0.1, -0.05) is 25.4 Å². The lowest BCUT2D eigenvalue weighted by Gasteiger charge is -2.27. The molecule has 0 spiro atoms. The Morgan fingerprint density at radius 3 is 2.94 bits per heavy atom. The second-order valence-corrected chi connectivity index (χ2v) is 5.80. The van der Waals surface area contributed by atoms with Crippen molar-refractivity contribution in [1.29, 1.82) is 0 Å². The van der Waals surface area contributed by atoms with Crippen molar-refractivity contribution in [2.24, 2.45) is 5.92 Å². The number of halogens is 1. The van der Waals surface area contributed by atoms with Gasteiger partial charge in [0.2, 0.25) is 0 Å². The van der Waals surface area contributed by atoms with Gasteiger partial charge in [0.1, 0.15) is 5.15 Å². The molecule has 0 aromatic carbocycles. The zero-order valence-corrected chi connectivity index (χ0v) is 11.7. The van der Waals surface area contributed by atoms with Gasteiger partial charge in [-0.05, 0) is 49.4 Å². The molecule has 0 saturated carbocycles.